The largest absolute Gasteiger partial charge is 0.497 e. The molecular weight excluding hydrogens is 346 g/mol. The van der Waals surface area contributed by atoms with E-state index >= 15 is 0 Å². The highest BCUT2D eigenvalue weighted by atomic mass is 32.2. The standard InChI is InChI=1S/C16H21N3O3S2/c1-16(2,3)22-15(20)19(14-17-13(23-5)18-24-14)10-11-6-8-12(21-4)9-7-11/h6-9H,10H2,1-5H3. The number of thioether (sulfide) groups is 1. The van der Waals surface area contributed by atoms with E-state index in [-0.39, 0.29) is 0 Å². The topological polar surface area (TPSA) is 64.5 Å². The molecule has 0 radical (unpaired) electrons. The van der Waals surface area contributed by atoms with Gasteiger partial charge in [-0.2, -0.15) is 9.36 Å². The van der Waals surface area contributed by atoms with Crippen molar-refractivity contribution in [3.8, 4) is 5.75 Å². The second kappa shape index (κ2) is 7.85. The molecule has 0 saturated carbocycles. The quantitative estimate of drug-likeness (QED) is 0.738. The molecule has 1 aromatic carbocycles. The number of benzene rings is 1. The van der Waals surface area contributed by atoms with E-state index in [2.05, 4.69) is 9.36 Å². The summed E-state index contributed by atoms with van der Waals surface area (Å²) in [4.78, 5) is 18.5. The van der Waals surface area contributed by atoms with Crippen molar-refractivity contribution in [2.45, 2.75) is 38.1 Å². The van der Waals surface area contributed by atoms with Crippen LogP contribution in [-0.4, -0.2) is 34.4 Å². The van der Waals surface area contributed by atoms with E-state index in [0.29, 0.717) is 16.8 Å². The predicted octanol–water partition coefficient (Wildman–Crippen LogP) is 4.21. The second-order valence-corrected chi connectivity index (χ2v) is 7.48. The Hall–Kier alpha value is -1.80. The van der Waals surface area contributed by atoms with Gasteiger partial charge >= 0.3 is 6.09 Å². The van der Waals surface area contributed by atoms with Crippen LogP contribution in [0.1, 0.15) is 26.3 Å². The van der Waals surface area contributed by atoms with Gasteiger partial charge in [-0.3, -0.25) is 0 Å². The fraction of sp³-hybridized carbons (Fsp3) is 0.438. The Morgan fingerprint density at radius 3 is 2.46 bits per heavy atom. The number of nitrogens with zero attached hydrogens (tertiary/aromatic N) is 3. The number of ether oxygens (including phenoxy) is 2. The van der Waals surface area contributed by atoms with Crippen molar-refractivity contribution < 1.29 is 14.3 Å². The number of amides is 1. The van der Waals surface area contributed by atoms with Gasteiger partial charge in [-0.1, -0.05) is 23.9 Å². The van der Waals surface area contributed by atoms with Crippen molar-refractivity contribution in [2.75, 3.05) is 18.3 Å². The molecule has 0 N–H and O–H groups in total. The zero-order valence-electron chi connectivity index (χ0n) is 14.4. The molecule has 24 heavy (non-hydrogen) atoms. The van der Waals surface area contributed by atoms with Crippen LogP contribution in [0.4, 0.5) is 9.93 Å². The third kappa shape index (κ3) is 5.10. The zero-order chi connectivity index (χ0) is 17.7. The highest BCUT2D eigenvalue weighted by molar-refractivity contribution is 7.98. The number of aromatic nitrogens is 2. The lowest BCUT2D eigenvalue weighted by molar-refractivity contribution is 0.0577. The van der Waals surface area contributed by atoms with Gasteiger partial charge < -0.3 is 9.47 Å². The minimum atomic E-state index is -0.581. The molecule has 0 saturated heterocycles. The molecule has 0 atom stereocenters. The third-order valence-electron chi connectivity index (χ3n) is 2.92. The van der Waals surface area contributed by atoms with E-state index < -0.39 is 11.7 Å². The Bertz CT molecular complexity index is 681. The van der Waals surface area contributed by atoms with Gasteiger partial charge in [0.15, 0.2) is 0 Å². The first-order chi connectivity index (χ1) is 11.3. The average Bonchev–Trinajstić information content (AvgIpc) is 3.00. The molecule has 6 nitrogen and oxygen atoms in total. The number of hydrogen-bond donors (Lipinski definition) is 0. The molecule has 2 aromatic rings. The molecule has 0 fully saturated rings. The van der Waals surface area contributed by atoms with Crippen LogP contribution in [0.25, 0.3) is 0 Å². The molecule has 0 spiro atoms. The second-order valence-electron chi connectivity index (χ2n) is 5.98. The van der Waals surface area contributed by atoms with Crippen molar-refractivity contribution in [1.29, 1.82) is 0 Å². The van der Waals surface area contributed by atoms with E-state index in [1.54, 1.807) is 7.11 Å². The molecule has 0 unspecified atom stereocenters. The number of hydrogen-bond acceptors (Lipinski definition) is 7. The summed E-state index contributed by atoms with van der Waals surface area (Å²) < 4.78 is 14.9. The molecule has 130 valence electrons. The predicted molar refractivity (Wildman–Crippen MR) is 97.1 cm³/mol. The first-order valence-electron chi connectivity index (χ1n) is 7.33. The maximum Gasteiger partial charge on any atom is 0.417 e. The molecule has 1 amide bonds. The minimum Gasteiger partial charge on any atom is -0.497 e. The van der Waals surface area contributed by atoms with Crippen LogP contribution in [0.15, 0.2) is 29.4 Å². The van der Waals surface area contributed by atoms with Crippen molar-refractivity contribution in [2.24, 2.45) is 0 Å². The van der Waals surface area contributed by atoms with Gasteiger partial charge in [0.2, 0.25) is 10.3 Å². The summed E-state index contributed by atoms with van der Waals surface area (Å²) in [6, 6.07) is 7.53. The maximum absolute atomic E-state index is 12.6. The Balaban J connectivity index is 2.25. The normalized spacial score (nSPS) is 11.2. The Labute approximate surface area is 150 Å². The van der Waals surface area contributed by atoms with Gasteiger partial charge in [0.1, 0.15) is 11.4 Å². The number of anilines is 1. The molecule has 1 heterocycles. The summed E-state index contributed by atoms with van der Waals surface area (Å²) in [5, 5.41) is 1.16. The van der Waals surface area contributed by atoms with Gasteiger partial charge in [-0.25, -0.2) is 9.69 Å². The molecule has 2 rings (SSSR count). The van der Waals surface area contributed by atoms with Crippen molar-refractivity contribution in [3.05, 3.63) is 29.8 Å². The van der Waals surface area contributed by atoms with Gasteiger partial charge in [-0.15, -0.1) is 0 Å². The van der Waals surface area contributed by atoms with Crippen LogP contribution in [0, 0.1) is 0 Å². The Kier molecular flexibility index (Phi) is 6.06. The first kappa shape index (κ1) is 18.5. The van der Waals surface area contributed by atoms with E-state index in [4.69, 9.17) is 9.47 Å². The summed E-state index contributed by atoms with van der Waals surface area (Å²) in [7, 11) is 1.62. The number of methoxy groups -OCH3 is 1. The van der Waals surface area contributed by atoms with Crippen LogP contribution in [0.3, 0.4) is 0 Å². The summed E-state index contributed by atoms with van der Waals surface area (Å²) in [6.07, 6.45) is 1.45. The number of carbonyl (C=O) groups excluding carboxylic acids is 1. The molecule has 8 heteroatoms. The van der Waals surface area contributed by atoms with E-state index in [1.165, 1.54) is 28.2 Å². The molecule has 0 aliphatic heterocycles. The molecule has 0 aliphatic rings. The van der Waals surface area contributed by atoms with Crippen molar-refractivity contribution >= 4 is 34.5 Å². The average molecular weight is 367 g/mol. The fourth-order valence-corrected chi connectivity index (χ4v) is 3.05. The van der Waals surface area contributed by atoms with Gasteiger partial charge in [0.05, 0.1) is 13.7 Å². The summed E-state index contributed by atoms with van der Waals surface area (Å²) >= 11 is 2.62. The molecule has 0 bridgehead atoms. The lowest BCUT2D eigenvalue weighted by Crippen LogP contribution is -2.36. The highest BCUT2D eigenvalue weighted by Gasteiger charge is 2.26. The third-order valence-corrected chi connectivity index (χ3v) is 4.33. The van der Waals surface area contributed by atoms with Gasteiger partial charge in [-0.05, 0) is 44.7 Å². The van der Waals surface area contributed by atoms with Crippen molar-refractivity contribution in [1.82, 2.24) is 9.36 Å². The van der Waals surface area contributed by atoms with Crippen LogP contribution in [0.5, 0.6) is 5.75 Å². The van der Waals surface area contributed by atoms with Crippen LogP contribution >= 0.6 is 23.3 Å². The molecule has 1 aromatic heterocycles. The zero-order valence-corrected chi connectivity index (χ0v) is 16.0. The molecule has 0 aliphatic carbocycles. The smallest absolute Gasteiger partial charge is 0.417 e. The first-order valence-corrected chi connectivity index (χ1v) is 9.33. The Morgan fingerprint density at radius 1 is 1.29 bits per heavy atom. The van der Waals surface area contributed by atoms with Gasteiger partial charge in [0.25, 0.3) is 0 Å². The SMILES string of the molecule is COc1ccc(CN(C(=O)OC(C)(C)C)c2nc(SC)ns2)cc1. The minimum absolute atomic E-state index is 0.349. The number of rotatable bonds is 5. The summed E-state index contributed by atoms with van der Waals surface area (Å²) in [5.74, 6) is 0.767. The van der Waals surface area contributed by atoms with Crippen molar-refractivity contribution in [3.63, 3.8) is 0 Å². The fourth-order valence-electron chi connectivity index (χ4n) is 1.84. The van der Waals surface area contributed by atoms with Crippen LogP contribution in [-0.2, 0) is 11.3 Å². The van der Waals surface area contributed by atoms with E-state index in [0.717, 1.165) is 11.3 Å². The lowest BCUT2D eigenvalue weighted by Gasteiger charge is -2.25. The summed E-state index contributed by atoms with van der Waals surface area (Å²) in [5.41, 5.74) is 0.366. The van der Waals surface area contributed by atoms with Crippen LogP contribution < -0.4 is 9.64 Å². The summed E-state index contributed by atoms with van der Waals surface area (Å²) in [6.45, 7) is 5.86. The maximum atomic E-state index is 12.6. The number of carbonyl (C=O) groups is 1. The lowest BCUT2D eigenvalue weighted by atomic mass is 10.2. The van der Waals surface area contributed by atoms with Crippen LogP contribution in [0.2, 0.25) is 0 Å². The van der Waals surface area contributed by atoms with Gasteiger partial charge in [0, 0.05) is 11.5 Å². The highest BCUT2D eigenvalue weighted by Crippen LogP contribution is 2.26. The Morgan fingerprint density at radius 2 is 1.96 bits per heavy atom. The monoisotopic (exact) mass is 367 g/mol. The molecular formula is C16H21N3O3S2. The van der Waals surface area contributed by atoms with E-state index in [9.17, 15) is 4.79 Å². The van der Waals surface area contributed by atoms with E-state index in [1.807, 2.05) is 51.3 Å².